The van der Waals surface area contributed by atoms with Gasteiger partial charge in [0.25, 0.3) is 0 Å². The fraction of sp³-hybridized carbons (Fsp3) is 0.360. The standard InChI is InChI=1S/C25H26F3N7OS/c1-14-6-15(16-8-19-23(31-10-16)37-24(29)32-19)7-17-12-35(4-5-36-21(14)17)22-18(9-25(26,27)28)11-30-20(33-22)13-34(2)3/h6-8,10-11H,4-5,9,12-13H2,1-3H3,(H2,29,32). The Balaban J connectivity index is 1.54. The van der Waals surface area contributed by atoms with Crippen LogP contribution in [0, 0.1) is 6.92 Å². The van der Waals surface area contributed by atoms with Crippen molar-refractivity contribution in [2.24, 2.45) is 0 Å². The van der Waals surface area contributed by atoms with Gasteiger partial charge in [-0.15, -0.1) is 0 Å². The van der Waals surface area contributed by atoms with Crippen LogP contribution in [0.2, 0.25) is 0 Å². The molecule has 0 fully saturated rings. The van der Waals surface area contributed by atoms with Gasteiger partial charge < -0.3 is 20.3 Å². The van der Waals surface area contributed by atoms with E-state index in [1.807, 2.05) is 49.0 Å². The summed E-state index contributed by atoms with van der Waals surface area (Å²) >= 11 is 1.33. The van der Waals surface area contributed by atoms with E-state index in [1.165, 1.54) is 17.5 Å². The van der Waals surface area contributed by atoms with Gasteiger partial charge in [0.2, 0.25) is 0 Å². The lowest BCUT2D eigenvalue weighted by molar-refractivity contribution is -0.127. The molecule has 0 atom stereocenters. The maximum Gasteiger partial charge on any atom is 0.393 e. The highest BCUT2D eigenvalue weighted by atomic mass is 32.1. The predicted molar refractivity (Wildman–Crippen MR) is 138 cm³/mol. The summed E-state index contributed by atoms with van der Waals surface area (Å²) in [4.78, 5) is 22.1. The number of anilines is 2. The molecule has 37 heavy (non-hydrogen) atoms. The fourth-order valence-electron chi connectivity index (χ4n) is 4.47. The predicted octanol–water partition coefficient (Wildman–Crippen LogP) is 4.60. The molecule has 1 aliphatic rings. The van der Waals surface area contributed by atoms with E-state index in [-0.39, 0.29) is 11.4 Å². The number of hydrogen-bond donors (Lipinski definition) is 1. The van der Waals surface area contributed by atoms with E-state index >= 15 is 0 Å². The first-order valence-electron chi connectivity index (χ1n) is 11.7. The maximum atomic E-state index is 13.4. The first-order valence-corrected chi connectivity index (χ1v) is 12.5. The van der Waals surface area contributed by atoms with Crippen LogP contribution in [0.5, 0.6) is 5.75 Å². The van der Waals surface area contributed by atoms with Gasteiger partial charge in [0.05, 0.1) is 19.5 Å². The minimum atomic E-state index is -4.38. The molecule has 0 saturated carbocycles. The minimum Gasteiger partial charge on any atom is -0.491 e. The molecular weight excluding hydrogens is 503 g/mol. The fourth-order valence-corrected chi connectivity index (χ4v) is 5.12. The van der Waals surface area contributed by atoms with Gasteiger partial charge in [-0.2, -0.15) is 13.2 Å². The van der Waals surface area contributed by atoms with E-state index < -0.39 is 12.6 Å². The maximum absolute atomic E-state index is 13.4. The summed E-state index contributed by atoms with van der Waals surface area (Å²) in [5.41, 5.74) is 10.2. The summed E-state index contributed by atoms with van der Waals surface area (Å²) < 4.78 is 46.3. The summed E-state index contributed by atoms with van der Waals surface area (Å²) in [6.07, 6.45) is -2.41. The second kappa shape index (κ2) is 9.75. The second-order valence-corrected chi connectivity index (χ2v) is 10.3. The van der Waals surface area contributed by atoms with Gasteiger partial charge >= 0.3 is 6.18 Å². The molecule has 8 nitrogen and oxygen atoms in total. The molecule has 0 radical (unpaired) electrons. The Morgan fingerprint density at radius 1 is 1.11 bits per heavy atom. The Kier molecular flexibility index (Phi) is 6.63. The number of alkyl halides is 3. The number of nitrogen functional groups attached to an aromatic ring is 1. The van der Waals surface area contributed by atoms with E-state index in [9.17, 15) is 13.2 Å². The van der Waals surface area contributed by atoms with Gasteiger partial charge in [-0.3, -0.25) is 0 Å². The first kappa shape index (κ1) is 25.2. The molecule has 0 spiro atoms. The smallest absolute Gasteiger partial charge is 0.393 e. The molecule has 3 aromatic heterocycles. The summed E-state index contributed by atoms with van der Waals surface area (Å²) in [5, 5.41) is 0.454. The molecule has 0 amide bonds. The Hall–Kier alpha value is -3.51. The summed E-state index contributed by atoms with van der Waals surface area (Å²) in [6.45, 7) is 3.42. The number of rotatable bonds is 5. The van der Waals surface area contributed by atoms with Gasteiger partial charge in [0.1, 0.15) is 34.3 Å². The van der Waals surface area contributed by atoms with Crippen LogP contribution < -0.4 is 15.4 Å². The molecule has 12 heteroatoms. The number of hydrogen-bond acceptors (Lipinski definition) is 9. The Bertz CT molecular complexity index is 1450. The van der Waals surface area contributed by atoms with Crippen molar-refractivity contribution in [2.75, 3.05) is 37.9 Å². The Labute approximate surface area is 215 Å². The van der Waals surface area contributed by atoms with Crippen LogP contribution in [0.25, 0.3) is 21.5 Å². The van der Waals surface area contributed by atoms with E-state index in [0.29, 0.717) is 37.2 Å². The van der Waals surface area contributed by atoms with Crippen molar-refractivity contribution in [3.8, 4) is 16.9 Å². The zero-order chi connectivity index (χ0) is 26.3. The minimum absolute atomic E-state index is 0.0436. The van der Waals surface area contributed by atoms with E-state index in [4.69, 9.17) is 10.5 Å². The van der Waals surface area contributed by atoms with Gasteiger partial charge in [-0.1, -0.05) is 11.3 Å². The Morgan fingerprint density at radius 2 is 1.92 bits per heavy atom. The molecule has 0 saturated heterocycles. The van der Waals surface area contributed by atoms with Crippen LogP contribution in [0.3, 0.4) is 0 Å². The van der Waals surface area contributed by atoms with Crippen molar-refractivity contribution in [3.63, 3.8) is 0 Å². The third-order valence-corrected chi connectivity index (χ3v) is 6.77. The lowest BCUT2D eigenvalue weighted by Crippen LogP contribution is -2.29. The van der Waals surface area contributed by atoms with Crippen LogP contribution in [0.1, 0.15) is 22.5 Å². The quantitative estimate of drug-likeness (QED) is 0.401. The molecule has 0 aliphatic carbocycles. The average Bonchev–Trinajstić information content (AvgIpc) is 3.04. The van der Waals surface area contributed by atoms with Crippen LogP contribution in [0.4, 0.5) is 24.1 Å². The number of ether oxygens (including phenoxy) is 1. The molecule has 4 heterocycles. The number of thiazole rings is 1. The highest BCUT2D eigenvalue weighted by Gasteiger charge is 2.31. The molecule has 1 aromatic carbocycles. The monoisotopic (exact) mass is 529 g/mol. The first-order chi connectivity index (χ1) is 17.6. The molecule has 5 rings (SSSR count). The van der Waals surface area contributed by atoms with Crippen LogP contribution in [-0.2, 0) is 19.5 Å². The number of nitrogens with two attached hydrogens (primary N) is 1. The summed E-state index contributed by atoms with van der Waals surface area (Å²) in [5.74, 6) is 1.48. The molecular formula is C25H26F3N7OS. The number of fused-ring (bicyclic) bond motifs is 2. The van der Waals surface area contributed by atoms with E-state index in [0.717, 1.165) is 38.4 Å². The molecule has 1 aliphatic heterocycles. The number of nitrogens with zero attached hydrogens (tertiary/aromatic N) is 6. The lowest BCUT2D eigenvalue weighted by Gasteiger charge is -2.25. The Morgan fingerprint density at radius 3 is 2.68 bits per heavy atom. The molecule has 2 N–H and O–H groups in total. The van der Waals surface area contributed by atoms with Crippen LogP contribution in [-0.4, -0.2) is 58.3 Å². The zero-order valence-electron chi connectivity index (χ0n) is 20.6. The van der Waals surface area contributed by atoms with Crippen molar-refractivity contribution >= 4 is 32.6 Å². The van der Waals surface area contributed by atoms with Crippen molar-refractivity contribution in [2.45, 2.75) is 32.6 Å². The van der Waals surface area contributed by atoms with Gasteiger partial charge in [0, 0.05) is 35.6 Å². The normalized spacial score (nSPS) is 14.1. The SMILES string of the molecule is Cc1cc(-c2cnc3sc(N)nc3c2)cc2c1OCCN(c1nc(CN(C)C)ncc1CC(F)(F)F)C2. The zero-order valence-corrected chi connectivity index (χ0v) is 21.4. The number of aryl methyl sites for hydroxylation is 1. The summed E-state index contributed by atoms with van der Waals surface area (Å²) in [6, 6.07) is 5.94. The average molecular weight is 530 g/mol. The lowest BCUT2D eigenvalue weighted by atomic mass is 9.99. The molecule has 4 aromatic rings. The number of pyridine rings is 1. The van der Waals surface area contributed by atoms with Gasteiger partial charge in [-0.25, -0.2) is 19.9 Å². The highest BCUT2D eigenvalue weighted by molar-refractivity contribution is 7.21. The largest absolute Gasteiger partial charge is 0.491 e. The van der Waals surface area contributed by atoms with Gasteiger partial charge in [0.15, 0.2) is 5.13 Å². The van der Waals surface area contributed by atoms with Crippen LogP contribution >= 0.6 is 11.3 Å². The molecule has 0 unspecified atom stereocenters. The molecule has 0 bridgehead atoms. The van der Waals surface area contributed by atoms with Crippen molar-refractivity contribution in [1.29, 1.82) is 0 Å². The van der Waals surface area contributed by atoms with Crippen molar-refractivity contribution in [1.82, 2.24) is 24.8 Å². The third-order valence-electron chi connectivity index (χ3n) is 5.96. The van der Waals surface area contributed by atoms with E-state index in [2.05, 4.69) is 19.9 Å². The van der Waals surface area contributed by atoms with Crippen molar-refractivity contribution in [3.05, 3.63) is 53.1 Å². The van der Waals surface area contributed by atoms with Crippen molar-refractivity contribution < 1.29 is 17.9 Å². The number of aromatic nitrogens is 4. The second-order valence-electron chi connectivity index (χ2n) is 9.32. The molecule has 194 valence electrons. The number of benzene rings is 1. The number of halogens is 3. The topological polar surface area (TPSA) is 93.3 Å². The summed E-state index contributed by atoms with van der Waals surface area (Å²) in [7, 11) is 3.72. The third kappa shape index (κ3) is 5.59. The van der Waals surface area contributed by atoms with Gasteiger partial charge in [-0.05, 0) is 50.3 Å². The van der Waals surface area contributed by atoms with Crippen LogP contribution in [0.15, 0.2) is 30.6 Å². The highest BCUT2D eigenvalue weighted by Crippen LogP contribution is 2.36. The van der Waals surface area contributed by atoms with E-state index in [1.54, 1.807) is 6.20 Å².